The molecule has 0 spiro atoms. The Morgan fingerprint density at radius 3 is 2.66 bits per heavy atom. The number of carbonyl (C=O) groups is 2. The van der Waals surface area contributed by atoms with Gasteiger partial charge in [0.15, 0.2) is 0 Å². The molecule has 2 atom stereocenters. The molecule has 0 unspecified atom stereocenters. The summed E-state index contributed by atoms with van der Waals surface area (Å²) in [6.45, 7) is 3.81. The fraction of sp³-hybridized carbons (Fsp3) is 0.565. The third-order valence-electron chi connectivity index (χ3n) is 6.12. The van der Waals surface area contributed by atoms with Crippen molar-refractivity contribution in [2.24, 2.45) is 0 Å². The molecule has 0 radical (unpaired) electrons. The largest absolute Gasteiger partial charge is 0.496 e. The third-order valence-corrected chi connectivity index (χ3v) is 6.45. The van der Waals surface area contributed by atoms with Gasteiger partial charge in [0, 0.05) is 52.0 Å². The maximum Gasteiger partial charge on any atom is 0.255 e. The molecule has 2 heterocycles. The number of halogens is 1. The van der Waals surface area contributed by atoms with Crippen molar-refractivity contribution in [3.8, 4) is 5.75 Å². The Balaban J connectivity index is 1.54. The van der Waals surface area contributed by atoms with E-state index in [2.05, 4.69) is 10.2 Å². The minimum absolute atomic E-state index is 0.0891. The van der Waals surface area contributed by atoms with Crippen LogP contribution in [0, 0.1) is 0 Å². The Morgan fingerprint density at radius 1 is 1.22 bits per heavy atom. The molecule has 0 aromatic heterocycles. The van der Waals surface area contributed by atoms with Crippen LogP contribution < -0.4 is 15.8 Å². The maximum absolute atomic E-state index is 12.9. The predicted molar refractivity (Wildman–Crippen MR) is 125 cm³/mol. The molecular formula is C23H33ClN4O4. The summed E-state index contributed by atoms with van der Waals surface area (Å²) < 4.78 is 11.0. The van der Waals surface area contributed by atoms with Crippen molar-refractivity contribution >= 4 is 29.1 Å². The van der Waals surface area contributed by atoms with E-state index in [0.29, 0.717) is 35.1 Å². The van der Waals surface area contributed by atoms with Gasteiger partial charge in [-0.15, -0.1) is 0 Å². The number of nitrogens with two attached hydrogens (primary N) is 1. The van der Waals surface area contributed by atoms with Gasteiger partial charge in [0.05, 0.1) is 35.5 Å². The van der Waals surface area contributed by atoms with Crippen LogP contribution in [0.4, 0.5) is 5.69 Å². The van der Waals surface area contributed by atoms with E-state index in [4.69, 9.17) is 26.8 Å². The highest BCUT2D eigenvalue weighted by Crippen LogP contribution is 2.29. The van der Waals surface area contributed by atoms with E-state index in [0.717, 1.165) is 38.9 Å². The molecule has 0 saturated carbocycles. The van der Waals surface area contributed by atoms with Gasteiger partial charge in [-0.1, -0.05) is 17.7 Å². The second kappa shape index (κ2) is 11.5. The molecule has 3 rings (SSSR count). The minimum Gasteiger partial charge on any atom is -0.496 e. The summed E-state index contributed by atoms with van der Waals surface area (Å²) >= 11 is 6.10. The number of nitrogen functional groups attached to an aromatic ring is 1. The fourth-order valence-electron chi connectivity index (χ4n) is 4.23. The first-order chi connectivity index (χ1) is 15.4. The van der Waals surface area contributed by atoms with Gasteiger partial charge in [0.1, 0.15) is 5.75 Å². The number of anilines is 1. The second-order valence-electron chi connectivity index (χ2n) is 8.26. The number of piperidine rings is 2. The van der Waals surface area contributed by atoms with Crippen molar-refractivity contribution in [3.63, 3.8) is 0 Å². The zero-order valence-electron chi connectivity index (χ0n) is 18.8. The van der Waals surface area contributed by atoms with Crippen LogP contribution in [-0.4, -0.2) is 80.7 Å². The van der Waals surface area contributed by atoms with E-state index in [1.54, 1.807) is 19.3 Å². The Kier molecular flexibility index (Phi) is 8.78. The quantitative estimate of drug-likeness (QED) is 0.474. The van der Waals surface area contributed by atoms with Crippen LogP contribution in [0.2, 0.25) is 5.02 Å². The monoisotopic (exact) mass is 464 g/mol. The van der Waals surface area contributed by atoms with Crippen molar-refractivity contribution in [3.05, 3.63) is 34.9 Å². The van der Waals surface area contributed by atoms with E-state index >= 15 is 0 Å². The molecule has 2 amide bonds. The molecule has 1 aromatic carbocycles. The van der Waals surface area contributed by atoms with Crippen LogP contribution >= 0.6 is 11.6 Å². The van der Waals surface area contributed by atoms with Crippen LogP contribution in [0.1, 0.15) is 36.0 Å². The van der Waals surface area contributed by atoms with Gasteiger partial charge in [-0.25, -0.2) is 0 Å². The average Bonchev–Trinajstić information content (AvgIpc) is 2.81. The molecule has 2 fully saturated rings. The van der Waals surface area contributed by atoms with Crippen molar-refractivity contribution in [1.82, 2.24) is 15.1 Å². The highest BCUT2D eigenvalue weighted by Gasteiger charge is 2.31. The number of hydrogen-bond acceptors (Lipinski definition) is 6. The molecule has 2 aliphatic heterocycles. The first-order valence-corrected chi connectivity index (χ1v) is 11.4. The molecule has 9 heteroatoms. The molecule has 8 nitrogen and oxygen atoms in total. The van der Waals surface area contributed by atoms with Crippen LogP contribution in [0.5, 0.6) is 5.75 Å². The average molecular weight is 465 g/mol. The number of benzene rings is 1. The Labute approximate surface area is 194 Å². The van der Waals surface area contributed by atoms with Gasteiger partial charge in [-0.05, 0) is 31.7 Å². The lowest BCUT2D eigenvalue weighted by Gasteiger charge is -2.37. The SMILES string of the molecule is COc1cc(N)c(Cl)cc1C(=O)N[C@H]1CCN(CC=CC(=O)N2CCCCC2)C[C@H]1OC. The van der Waals surface area contributed by atoms with Gasteiger partial charge < -0.3 is 25.4 Å². The highest BCUT2D eigenvalue weighted by atomic mass is 35.5. The van der Waals surface area contributed by atoms with Crippen molar-refractivity contribution in [2.45, 2.75) is 37.8 Å². The summed E-state index contributed by atoms with van der Waals surface area (Å²) in [5.74, 6) is 0.182. The van der Waals surface area contributed by atoms with Crippen molar-refractivity contribution < 1.29 is 19.1 Å². The van der Waals surface area contributed by atoms with E-state index in [1.807, 2.05) is 11.0 Å². The maximum atomic E-state index is 12.9. The number of likely N-dealkylation sites (tertiary alicyclic amines) is 2. The smallest absolute Gasteiger partial charge is 0.255 e. The van der Waals surface area contributed by atoms with Crippen LogP contribution in [0.3, 0.4) is 0 Å². The minimum atomic E-state index is -0.281. The standard InChI is InChI=1S/C23H33ClN4O4/c1-31-20-14-18(25)17(24)13-16(20)23(30)26-19-8-12-27(15-21(19)32-2)9-6-7-22(29)28-10-4-3-5-11-28/h6-7,13-14,19,21H,3-5,8-12,15,25H2,1-2H3,(H,26,30)/t19-,21+/m0/s1. The molecule has 0 aliphatic carbocycles. The lowest BCUT2D eigenvalue weighted by atomic mass is 10.0. The molecule has 3 N–H and O–H groups in total. The molecule has 2 aliphatic rings. The predicted octanol–water partition coefficient (Wildman–Crippen LogP) is 2.32. The summed E-state index contributed by atoms with van der Waals surface area (Å²) in [6.07, 6.45) is 7.53. The van der Waals surface area contributed by atoms with Gasteiger partial charge in [0.25, 0.3) is 5.91 Å². The van der Waals surface area contributed by atoms with Crippen LogP contribution in [-0.2, 0) is 9.53 Å². The zero-order chi connectivity index (χ0) is 23.1. The summed E-state index contributed by atoms with van der Waals surface area (Å²) in [7, 11) is 3.13. The lowest BCUT2D eigenvalue weighted by Crippen LogP contribution is -2.54. The highest BCUT2D eigenvalue weighted by molar-refractivity contribution is 6.33. The number of methoxy groups -OCH3 is 2. The van der Waals surface area contributed by atoms with Crippen molar-refractivity contribution in [2.75, 3.05) is 52.7 Å². The lowest BCUT2D eigenvalue weighted by molar-refractivity contribution is -0.126. The van der Waals surface area contributed by atoms with Gasteiger partial charge in [-0.3, -0.25) is 14.5 Å². The molecule has 0 bridgehead atoms. The summed E-state index contributed by atoms with van der Waals surface area (Å²) in [4.78, 5) is 29.3. The van der Waals surface area contributed by atoms with E-state index < -0.39 is 0 Å². The van der Waals surface area contributed by atoms with Gasteiger partial charge >= 0.3 is 0 Å². The Hall–Kier alpha value is -2.29. The molecule has 32 heavy (non-hydrogen) atoms. The summed E-state index contributed by atoms with van der Waals surface area (Å²) in [6, 6.07) is 2.92. The van der Waals surface area contributed by atoms with E-state index in [-0.39, 0.29) is 24.0 Å². The van der Waals surface area contributed by atoms with Crippen LogP contribution in [0.15, 0.2) is 24.3 Å². The molecule has 2 saturated heterocycles. The Morgan fingerprint density at radius 2 is 1.97 bits per heavy atom. The van der Waals surface area contributed by atoms with Gasteiger partial charge in [-0.2, -0.15) is 0 Å². The first kappa shape index (κ1) is 24.4. The normalized spacial score (nSPS) is 22.2. The van der Waals surface area contributed by atoms with E-state index in [1.165, 1.54) is 19.6 Å². The number of carbonyl (C=O) groups excluding carboxylic acids is 2. The molecule has 176 valence electrons. The van der Waals surface area contributed by atoms with Crippen LogP contribution in [0.25, 0.3) is 0 Å². The number of ether oxygens (including phenoxy) is 2. The summed E-state index contributed by atoms with van der Waals surface area (Å²) in [5, 5.41) is 3.35. The Bertz CT molecular complexity index is 842. The van der Waals surface area contributed by atoms with Gasteiger partial charge in [0.2, 0.25) is 5.91 Å². The number of nitrogens with one attached hydrogen (secondary N) is 1. The molecular weight excluding hydrogens is 432 g/mol. The van der Waals surface area contributed by atoms with E-state index in [9.17, 15) is 9.59 Å². The number of amides is 2. The number of hydrogen-bond donors (Lipinski definition) is 2. The third kappa shape index (κ3) is 6.15. The molecule has 1 aromatic rings. The topological polar surface area (TPSA) is 97.1 Å². The zero-order valence-corrected chi connectivity index (χ0v) is 19.6. The van der Waals surface area contributed by atoms with Crippen molar-refractivity contribution in [1.29, 1.82) is 0 Å². The fourth-order valence-corrected chi connectivity index (χ4v) is 4.40. The second-order valence-corrected chi connectivity index (χ2v) is 8.67. The number of rotatable bonds is 7. The first-order valence-electron chi connectivity index (χ1n) is 11.1. The summed E-state index contributed by atoms with van der Waals surface area (Å²) in [5.41, 5.74) is 6.50. The number of nitrogens with zero attached hydrogens (tertiary/aromatic N) is 2.